The molecular weight excluding hydrogens is 326 g/mol. The van der Waals surface area contributed by atoms with E-state index in [-0.39, 0.29) is 10.5 Å². The van der Waals surface area contributed by atoms with Crippen LogP contribution in [0.3, 0.4) is 0 Å². The van der Waals surface area contributed by atoms with E-state index in [2.05, 4.69) is 0 Å². The van der Waals surface area contributed by atoms with Crippen LogP contribution in [0.15, 0.2) is 47.4 Å². The quantitative estimate of drug-likeness (QED) is 0.864. The first-order valence-corrected chi connectivity index (χ1v) is 8.83. The summed E-state index contributed by atoms with van der Waals surface area (Å²) in [6.07, 6.45) is 0. The first-order valence-electron chi connectivity index (χ1n) is 7.29. The number of nitrogens with zero attached hydrogens (tertiary/aromatic N) is 2. The maximum Gasteiger partial charge on any atom is 0.238 e. The number of nitriles is 1. The van der Waals surface area contributed by atoms with Gasteiger partial charge in [0.15, 0.2) is 0 Å². The van der Waals surface area contributed by atoms with Crippen LogP contribution in [0.5, 0.6) is 5.75 Å². The number of primary sulfonamides is 1. The summed E-state index contributed by atoms with van der Waals surface area (Å²) < 4.78 is 28.4. The Labute approximate surface area is 142 Å². The van der Waals surface area contributed by atoms with E-state index in [0.717, 1.165) is 11.3 Å². The molecule has 0 atom stereocenters. The van der Waals surface area contributed by atoms with Crippen LogP contribution < -0.4 is 14.8 Å². The van der Waals surface area contributed by atoms with Crippen LogP contribution in [-0.4, -0.2) is 28.6 Å². The van der Waals surface area contributed by atoms with Crippen LogP contribution >= 0.6 is 0 Å². The smallest absolute Gasteiger partial charge is 0.238 e. The van der Waals surface area contributed by atoms with E-state index in [0.29, 0.717) is 18.8 Å². The lowest BCUT2D eigenvalue weighted by Crippen LogP contribution is -2.24. The Kier molecular flexibility index (Phi) is 5.44. The van der Waals surface area contributed by atoms with E-state index >= 15 is 0 Å². The predicted molar refractivity (Wildman–Crippen MR) is 92.5 cm³/mol. The van der Waals surface area contributed by atoms with Crippen molar-refractivity contribution in [2.45, 2.75) is 11.8 Å². The van der Waals surface area contributed by atoms with Crippen molar-refractivity contribution in [1.29, 1.82) is 5.26 Å². The second kappa shape index (κ2) is 7.34. The second-order valence-corrected chi connectivity index (χ2v) is 6.98. The summed E-state index contributed by atoms with van der Waals surface area (Å²) in [5.74, 6) is 0.777. The van der Waals surface area contributed by atoms with Crippen molar-refractivity contribution >= 4 is 15.7 Å². The third kappa shape index (κ3) is 4.47. The van der Waals surface area contributed by atoms with E-state index in [1.165, 1.54) is 12.1 Å². The summed E-state index contributed by atoms with van der Waals surface area (Å²) in [6, 6.07) is 14.0. The van der Waals surface area contributed by atoms with Crippen molar-refractivity contribution in [2.24, 2.45) is 5.14 Å². The zero-order valence-corrected chi connectivity index (χ0v) is 14.4. The maximum absolute atomic E-state index is 11.4. The largest absolute Gasteiger partial charge is 0.492 e. The average Bonchev–Trinajstić information content (AvgIpc) is 2.55. The molecule has 2 N–H and O–H groups in total. The summed E-state index contributed by atoms with van der Waals surface area (Å²) in [6.45, 7) is 2.98. The number of aryl methyl sites for hydroxylation is 1. The van der Waals surface area contributed by atoms with Gasteiger partial charge in [0.05, 0.1) is 22.7 Å². The van der Waals surface area contributed by atoms with E-state index in [1.54, 1.807) is 6.07 Å². The molecule has 0 aliphatic rings. The minimum atomic E-state index is -3.83. The van der Waals surface area contributed by atoms with E-state index in [9.17, 15) is 13.7 Å². The van der Waals surface area contributed by atoms with Crippen LogP contribution in [0.25, 0.3) is 0 Å². The van der Waals surface area contributed by atoms with Gasteiger partial charge in [-0.2, -0.15) is 5.26 Å². The Hall–Kier alpha value is -2.56. The lowest BCUT2D eigenvalue weighted by molar-refractivity contribution is 0.326. The molecule has 0 aromatic heterocycles. The Morgan fingerprint density at radius 3 is 2.46 bits per heavy atom. The van der Waals surface area contributed by atoms with Gasteiger partial charge < -0.3 is 9.64 Å². The first kappa shape index (κ1) is 17.8. The number of hydrogen-bond acceptors (Lipinski definition) is 5. The van der Waals surface area contributed by atoms with Crippen LogP contribution in [0.2, 0.25) is 0 Å². The van der Waals surface area contributed by atoms with Gasteiger partial charge in [-0.25, -0.2) is 13.6 Å². The molecule has 7 heteroatoms. The Balaban J connectivity index is 2.05. The number of hydrogen-bond donors (Lipinski definition) is 1. The summed E-state index contributed by atoms with van der Waals surface area (Å²) in [5, 5.41) is 14.3. The number of likely N-dealkylation sites (N-methyl/N-ethyl adjacent to an activating group) is 1. The highest BCUT2D eigenvalue weighted by molar-refractivity contribution is 7.89. The Morgan fingerprint density at radius 1 is 1.21 bits per heavy atom. The molecule has 126 valence electrons. The number of ether oxygens (including phenoxy) is 1. The molecule has 2 rings (SSSR count). The highest BCUT2D eigenvalue weighted by Crippen LogP contribution is 2.22. The van der Waals surface area contributed by atoms with Gasteiger partial charge in [-0.3, -0.25) is 0 Å². The standard InChI is InChI=1S/C17H19N3O3S/c1-13-3-5-15(6-4-13)23-10-9-20(2)17-8-7-16(24(19,21)22)11-14(17)12-18/h3-8,11H,9-10H2,1-2H3,(H2,19,21,22). The SMILES string of the molecule is Cc1ccc(OCCN(C)c2ccc(S(N)(=O)=O)cc2C#N)cc1. The van der Waals surface area contributed by atoms with Crippen LogP contribution in [0.4, 0.5) is 5.69 Å². The van der Waals surface area contributed by atoms with Gasteiger partial charge in [0, 0.05) is 7.05 Å². The molecule has 0 saturated carbocycles. The highest BCUT2D eigenvalue weighted by atomic mass is 32.2. The molecule has 0 heterocycles. The Bertz CT molecular complexity index is 856. The van der Waals surface area contributed by atoms with Gasteiger partial charge in [-0.05, 0) is 37.3 Å². The molecule has 24 heavy (non-hydrogen) atoms. The van der Waals surface area contributed by atoms with Gasteiger partial charge in [-0.1, -0.05) is 17.7 Å². The van der Waals surface area contributed by atoms with E-state index in [1.807, 2.05) is 49.2 Å². The van der Waals surface area contributed by atoms with Gasteiger partial charge in [0.25, 0.3) is 0 Å². The fourth-order valence-corrected chi connectivity index (χ4v) is 2.71. The molecule has 0 amide bonds. The number of anilines is 1. The van der Waals surface area contributed by atoms with E-state index < -0.39 is 10.0 Å². The average molecular weight is 345 g/mol. The molecule has 6 nitrogen and oxygen atoms in total. The second-order valence-electron chi connectivity index (χ2n) is 5.42. The van der Waals surface area contributed by atoms with Crippen molar-refractivity contribution < 1.29 is 13.2 Å². The fraction of sp³-hybridized carbons (Fsp3) is 0.235. The molecule has 2 aromatic carbocycles. The van der Waals surface area contributed by atoms with Gasteiger partial charge in [0.2, 0.25) is 10.0 Å². The summed E-state index contributed by atoms with van der Waals surface area (Å²) in [7, 11) is -2.02. The third-order valence-electron chi connectivity index (χ3n) is 3.54. The molecule has 0 aliphatic carbocycles. The van der Waals surface area contributed by atoms with Gasteiger partial charge in [0.1, 0.15) is 18.4 Å². The van der Waals surface area contributed by atoms with Crippen LogP contribution in [0.1, 0.15) is 11.1 Å². The summed E-state index contributed by atoms with van der Waals surface area (Å²) in [5.41, 5.74) is 2.03. The zero-order valence-electron chi connectivity index (χ0n) is 13.6. The fourth-order valence-electron chi connectivity index (χ4n) is 2.17. The number of rotatable bonds is 6. The zero-order chi connectivity index (χ0) is 17.7. The molecule has 2 aromatic rings. The lowest BCUT2D eigenvalue weighted by Gasteiger charge is -2.21. The minimum absolute atomic E-state index is 0.0768. The molecule has 0 fully saturated rings. The predicted octanol–water partition coefficient (Wildman–Crippen LogP) is 2.03. The third-order valence-corrected chi connectivity index (χ3v) is 4.46. The molecule has 0 bridgehead atoms. The highest BCUT2D eigenvalue weighted by Gasteiger charge is 2.13. The summed E-state index contributed by atoms with van der Waals surface area (Å²) >= 11 is 0. The molecule has 0 unspecified atom stereocenters. The minimum Gasteiger partial charge on any atom is -0.492 e. The number of benzene rings is 2. The van der Waals surface area contributed by atoms with Crippen molar-refractivity contribution in [3.63, 3.8) is 0 Å². The summed E-state index contributed by atoms with van der Waals surface area (Å²) in [4.78, 5) is 1.76. The molecule has 0 aliphatic heterocycles. The number of nitrogens with two attached hydrogens (primary N) is 1. The van der Waals surface area contributed by atoms with Crippen LogP contribution in [0, 0.1) is 18.3 Å². The van der Waals surface area contributed by atoms with E-state index in [4.69, 9.17) is 9.88 Å². The monoisotopic (exact) mass is 345 g/mol. The topological polar surface area (TPSA) is 96.4 Å². The van der Waals surface area contributed by atoms with Crippen molar-refractivity contribution in [1.82, 2.24) is 0 Å². The van der Waals surface area contributed by atoms with Crippen molar-refractivity contribution in [3.8, 4) is 11.8 Å². The Morgan fingerprint density at radius 2 is 1.88 bits per heavy atom. The lowest BCUT2D eigenvalue weighted by atomic mass is 10.2. The molecule has 0 saturated heterocycles. The maximum atomic E-state index is 11.4. The molecule has 0 radical (unpaired) electrons. The molecule has 0 spiro atoms. The molecular formula is C17H19N3O3S. The first-order chi connectivity index (χ1) is 11.3. The number of sulfonamides is 1. The van der Waals surface area contributed by atoms with Crippen LogP contribution in [-0.2, 0) is 10.0 Å². The van der Waals surface area contributed by atoms with Gasteiger partial charge >= 0.3 is 0 Å². The van der Waals surface area contributed by atoms with Gasteiger partial charge in [-0.15, -0.1) is 0 Å². The van der Waals surface area contributed by atoms with Crippen molar-refractivity contribution in [2.75, 3.05) is 25.1 Å². The normalized spacial score (nSPS) is 10.9. The van der Waals surface area contributed by atoms with Crippen molar-refractivity contribution in [3.05, 3.63) is 53.6 Å².